The number of sulfonamides is 1. The van der Waals surface area contributed by atoms with Gasteiger partial charge in [-0.2, -0.15) is 5.10 Å². The zero-order chi connectivity index (χ0) is 28.4. The predicted molar refractivity (Wildman–Crippen MR) is 153 cm³/mol. The Morgan fingerprint density at radius 3 is 2.15 bits per heavy atom. The molecule has 0 heterocycles. The van der Waals surface area contributed by atoms with Crippen molar-refractivity contribution in [2.75, 3.05) is 25.1 Å². The lowest BCUT2D eigenvalue weighted by Crippen LogP contribution is -2.39. The first-order chi connectivity index (χ1) is 19.4. The lowest BCUT2D eigenvalue weighted by atomic mass is 10.2. The Labute approximate surface area is 233 Å². The van der Waals surface area contributed by atoms with Crippen LogP contribution in [0.5, 0.6) is 17.2 Å². The van der Waals surface area contributed by atoms with Crippen molar-refractivity contribution in [2.45, 2.75) is 11.5 Å². The SMILES string of the molecule is COc1ccc(N(CC(=O)N/N=C\c2ccc(OCc3ccccc3)cc2)S(=O)(=O)c2ccccc2)cc1OC. The summed E-state index contributed by atoms with van der Waals surface area (Å²) in [6, 6.07) is 29.5. The van der Waals surface area contributed by atoms with Gasteiger partial charge in [-0.3, -0.25) is 9.10 Å². The number of hydrazone groups is 1. The van der Waals surface area contributed by atoms with Gasteiger partial charge in [-0.05, 0) is 59.7 Å². The van der Waals surface area contributed by atoms with E-state index >= 15 is 0 Å². The number of rotatable bonds is 12. The third-order valence-corrected chi connectivity index (χ3v) is 7.59. The Morgan fingerprint density at radius 2 is 1.50 bits per heavy atom. The maximum Gasteiger partial charge on any atom is 0.264 e. The number of anilines is 1. The zero-order valence-electron chi connectivity index (χ0n) is 22.1. The first-order valence-electron chi connectivity index (χ1n) is 12.3. The van der Waals surface area contributed by atoms with Gasteiger partial charge in [0.15, 0.2) is 11.5 Å². The molecule has 206 valence electrons. The molecule has 9 nitrogen and oxygen atoms in total. The van der Waals surface area contributed by atoms with Crippen LogP contribution in [0.2, 0.25) is 0 Å². The minimum atomic E-state index is -4.09. The molecule has 0 saturated heterocycles. The van der Waals surface area contributed by atoms with Crippen molar-refractivity contribution in [1.82, 2.24) is 5.43 Å². The fourth-order valence-corrected chi connectivity index (χ4v) is 5.18. The maximum absolute atomic E-state index is 13.5. The average Bonchev–Trinajstić information content (AvgIpc) is 3.00. The fourth-order valence-electron chi connectivity index (χ4n) is 3.75. The van der Waals surface area contributed by atoms with Crippen LogP contribution in [0.1, 0.15) is 11.1 Å². The number of carbonyl (C=O) groups excluding carboxylic acids is 1. The molecule has 1 N–H and O–H groups in total. The molecule has 4 rings (SSSR count). The highest BCUT2D eigenvalue weighted by molar-refractivity contribution is 7.92. The molecule has 4 aromatic rings. The minimum absolute atomic E-state index is 0.0376. The maximum atomic E-state index is 13.5. The van der Waals surface area contributed by atoms with Crippen molar-refractivity contribution >= 4 is 27.8 Å². The van der Waals surface area contributed by atoms with Crippen LogP contribution in [-0.4, -0.2) is 41.3 Å². The van der Waals surface area contributed by atoms with E-state index < -0.39 is 22.5 Å². The predicted octanol–water partition coefficient (Wildman–Crippen LogP) is 4.63. The smallest absolute Gasteiger partial charge is 0.264 e. The molecule has 10 heteroatoms. The number of benzene rings is 4. The summed E-state index contributed by atoms with van der Waals surface area (Å²) in [4.78, 5) is 12.9. The van der Waals surface area contributed by atoms with Gasteiger partial charge in [0.2, 0.25) is 0 Å². The molecule has 0 radical (unpaired) electrons. The molecular formula is C30H29N3O6S. The minimum Gasteiger partial charge on any atom is -0.493 e. The number of methoxy groups -OCH3 is 2. The number of nitrogens with zero attached hydrogens (tertiary/aromatic N) is 2. The number of hydrogen-bond donors (Lipinski definition) is 1. The van der Waals surface area contributed by atoms with Gasteiger partial charge in [-0.25, -0.2) is 13.8 Å². The van der Waals surface area contributed by atoms with E-state index in [1.54, 1.807) is 54.6 Å². The summed E-state index contributed by atoms with van der Waals surface area (Å²) in [5.41, 5.74) is 4.42. The summed E-state index contributed by atoms with van der Waals surface area (Å²) < 4.78 is 44.4. The van der Waals surface area contributed by atoms with Crippen molar-refractivity contribution in [1.29, 1.82) is 0 Å². The zero-order valence-corrected chi connectivity index (χ0v) is 22.9. The molecule has 0 aromatic heterocycles. The molecular weight excluding hydrogens is 530 g/mol. The standard InChI is InChI=1S/C30H29N3O6S/c1-37-28-18-15-25(19-29(28)38-2)33(40(35,36)27-11-7-4-8-12-27)21-30(34)32-31-20-23-13-16-26(17-14-23)39-22-24-9-5-3-6-10-24/h3-20H,21-22H2,1-2H3,(H,32,34)/b31-20-. The van der Waals surface area contributed by atoms with E-state index in [0.717, 1.165) is 15.4 Å². The molecule has 0 spiro atoms. The van der Waals surface area contributed by atoms with Crippen LogP contribution in [0.3, 0.4) is 0 Å². The number of hydrogen-bond acceptors (Lipinski definition) is 7. The second-order valence-corrected chi connectivity index (χ2v) is 10.4. The van der Waals surface area contributed by atoms with Gasteiger partial charge in [0.1, 0.15) is 18.9 Å². The lowest BCUT2D eigenvalue weighted by Gasteiger charge is -2.24. The van der Waals surface area contributed by atoms with Crippen LogP contribution >= 0.6 is 0 Å². The Bertz CT molecular complexity index is 1540. The molecule has 40 heavy (non-hydrogen) atoms. The highest BCUT2D eigenvalue weighted by atomic mass is 32.2. The first-order valence-corrected chi connectivity index (χ1v) is 13.7. The van der Waals surface area contributed by atoms with E-state index in [1.165, 1.54) is 38.6 Å². The van der Waals surface area contributed by atoms with E-state index in [1.807, 2.05) is 30.3 Å². The summed E-state index contributed by atoms with van der Waals surface area (Å²) in [6.45, 7) is -0.0664. The Balaban J connectivity index is 1.45. The van der Waals surface area contributed by atoms with Crippen LogP contribution in [0.4, 0.5) is 5.69 Å². The summed E-state index contributed by atoms with van der Waals surface area (Å²) in [5.74, 6) is 0.812. The van der Waals surface area contributed by atoms with Crippen molar-refractivity contribution in [2.24, 2.45) is 5.10 Å². The normalized spacial score (nSPS) is 11.2. The van der Waals surface area contributed by atoms with Gasteiger partial charge in [0.05, 0.1) is 31.0 Å². The topological polar surface area (TPSA) is 107 Å². The number of nitrogens with one attached hydrogen (secondary N) is 1. The number of carbonyl (C=O) groups is 1. The summed E-state index contributed by atoms with van der Waals surface area (Å²) in [6.07, 6.45) is 1.46. The number of ether oxygens (including phenoxy) is 3. The molecule has 0 aliphatic carbocycles. The van der Waals surface area contributed by atoms with Crippen molar-refractivity contribution in [3.05, 3.63) is 114 Å². The van der Waals surface area contributed by atoms with E-state index in [2.05, 4.69) is 10.5 Å². The Hall–Kier alpha value is -4.83. The molecule has 1 amide bonds. The van der Waals surface area contributed by atoms with Gasteiger partial charge < -0.3 is 14.2 Å². The largest absolute Gasteiger partial charge is 0.493 e. The molecule has 0 saturated carbocycles. The lowest BCUT2D eigenvalue weighted by molar-refractivity contribution is -0.119. The molecule has 0 bridgehead atoms. The Morgan fingerprint density at radius 1 is 0.850 bits per heavy atom. The van der Waals surface area contributed by atoms with Crippen LogP contribution in [0.25, 0.3) is 0 Å². The third kappa shape index (κ3) is 7.17. The van der Waals surface area contributed by atoms with Gasteiger partial charge in [0, 0.05) is 6.07 Å². The fraction of sp³-hybridized carbons (Fsp3) is 0.133. The first kappa shape index (κ1) is 28.2. The van der Waals surface area contributed by atoms with Crippen LogP contribution < -0.4 is 23.9 Å². The van der Waals surface area contributed by atoms with Gasteiger partial charge >= 0.3 is 0 Å². The quantitative estimate of drug-likeness (QED) is 0.200. The van der Waals surface area contributed by atoms with Crippen molar-refractivity contribution in [3.8, 4) is 17.2 Å². The van der Waals surface area contributed by atoms with Crippen molar-refractivity contribution < 1.29 is 27.4 Å². The van der Waals surface area contributed by atoms with Gasteiger partial charge in [0.25, 0.3) is 15.9 Å². The molecule has 0 unspecified atom stereocenters. The molecule has 0 aliphatic heterocycles. The monoisotopic (exact) mass is 559 g/mol. The van der Waals surface area contributed by atoms with E-state index in [9.17, 15) is 13.2 Å². The number of amides is 1. The van der Waals surface area contributed by atoms with E-state index in [4.69, 9.17) is 14.2 Å². The van der Waals surface area contributed by atoms with Crippen molar-refractivity contribution in [3.63, 3.8) is 0 Å². The molecule has 0 atom stereocenters. The Kier molecular flexibility index (Phi) is 9.37. The molecule has 4 aromatic carbocycles. The van der Waals surface area contributed by atoms with E-state index in [0.29, 0.717) is 23.9 Å². The summed E-state index contributed by atoms with van der Waals surface area (Å²) in [5, 5.41) is 4.00. The molecule has 0 fully saturated rings. The van der Waals surface area contributed by atoms with E-state index in [-0.39, 0.29) is 10.6 Å². The second kappa shape index (κ2) is 13.3. The summed E-state index contributed by atoms with van der Waals surface area (Å²) in [7, 11) is -1.17. The van der Waals surface area contributed by atoms with Gasteiger partial charge in [-0.15, -0.1) is 0 Å². The highest BCUT2D eigenvalue weighted by Gasteiger charge is 2.28. The third-order valence-electron chi connectivity index (χ3n) is 5.80. The van der Waals surface area contributed by atoms with Gasteiger partial charge in [-0.1, -0.05) is 48.5 Å². The second-order valence-electron chi connectivity index (χ2n) is 8.50. The molecule has 0 aliphatic rings. The van der Waals surface area contributed by atoms with Crippen LogP contribution in [0, 0.1) is 0 Å². The highest BCUT2D eigenvalue weighted by Crippen LogP contribution is 2.33. The average molecular weight is 560 g/mol. The van der Waals surface area contributed by atoms with Crippen LogP contribution in [0.15, 0.2) is 113 Å². The van der Waals surface area contributed by atoms with Crippen LogP contribution in [-0.2, 0) is 21.4 Å². The summed E-state index contributed by atoms with van der Waals surface area (Å²) >= 11 is 0.